The molecule has 1 aliphatic heterocycles. The first-order chi connectivity index (χ1) is 37.5. The quantitative estimate of drug-likeness (QED) is 0.0523. The van der Waals surface area contributed by atoms with Crippen LogP contribution in [0.4, 0.5) is 0 Å². The number of rotatable bonds is 22. The van der Waals surface area contributed by atoms with Crippen LogP contribution in [-0.4, -0.2) is 169 Å². The van der Waals surface area contributed by atoms with Gasteiger partial charge in [-0.15, -0.1) is 0 Å². The Labute approximate surface area is 459 Å². The molecule has 4 unspecified atom stereocenters. The number of hydrogen-bond donors (Lipinski definition) is 17. The van der Waals surface area contributed by atoms with Gasteiger partial charge in [-0.1, -0.05) is 74.5 Å². The summed E-state index contributed by atoms with van der Waals surface area (Å²) < 4.78 is 0. The number of carbonyl (C=O) groups excluding carboxylic acids is 10. The van der Waals surface area contributed by atoms with Gasteiger partial charge in [0.1, 0.15) is 54.4 Å². The van der Waals surface area contributed by atoms with E-state index in [1.165, 1.54) is 13.8 Å². The number of carbonyl (C=O) groups is 10. The third kappa shape index (κ3) is 22.3. The van der Waals surface area contributed by atoms with Crippen LogP contribution in [0.2, 0.25) is 0 Å². The second kappa shape index (κ2) is 34.0. The van der Waals surface area contributed by atoms with Crippen LogP contribution in [0.3, 0.4) is 0 Å². The van der Waals surface area contributed by atoms with Gasteiger partial charge in [-0.05, 0) is 95.6 Å². The largest absolute Gasteiger partial charge is 0.391 e. The third-order valence-electron chi connectivity index (χ3n) is 12.8. The zero-order valence-electron chi connectivity index (χ0n) is 45.3. The minimum Gasteiger partial charge on any atom is -0.391 e. The number of nitrogens with two attached hydrogens (primary N) is 5. The third-order valence-corrected chi connectivity index (χ3v) is 12.8. The molecule has 1 heterocycles. The summed E-state index contributed by atoms with van der Waals surface area (Å²) in [6.45, 7) is 4.96. The standard InChI is InChI=1S/C52H83N15O12/c1-28(2)25-39-49(76)61-34(15-20-53)44(71)60-37(18-23-56)48(75)67-42(29(3)68)51(78)58-24-19-38(47(74)59-35(16-21-54)46(73)65-40(50(77)64-39)26-31-11-7-5-8-12-31)62-45(72)36(17-22-55)63-52(79)43(30(4)69)66-41(70)27-33(57)32-13-9-6-10-14-32/h5-14,28-30,33-40,42-43,68-69H,15-27,53-57H2,1-4H3,(H,58,78)(H,59,74)(H,60,71)(H,61,76)(H,62,72)(H,63,79)(H,64,77)(H,65,73)(H,66,70)(H,67,75)/t29?,30?,33?,34-,35-,36-,37-,38-,39-,40+,42?,43-/m0/s1. The van der Waals surface area contributed by atoms with Gasteiger partial charge < -0.3 is 92.0 Å². The maximum atomic E-state index is 14.5. The molecule has 1 saturated heterocycles. The fourth-order valence-electron chi connectivity index (χ4n) is 8.43. The number of aliphatic hydroxyl groups excluding tert-OH is 2. The van der Waals surface area contributed by atoms with Gasteiger partial charge in [0, 0.05) is 25.4 Å². The van der Waals surface area contributed by atoms with Gasteiger partial charge in [0.25, 0.3) is 0 Å². The Hall–Kier alpha value is -7.14. The molecule has 1 fully saturated rings. The van der Waals surface area contributed by atoms with Crippen LogP contribution in [0, 0.1) is 5.92 Å². The van der Waals surface area contributed by atoms with Gasteiger partial charge in [0.05, 0.1) is 12.2 Å². The summed E-state index contributed by atoms with van der Waals surface area (Å²) in [4.78, 5) is 140. The highest BCUT2D eigenvalue weighted by Crippen LogP contribution is 2.14. The number of nitrogens with one attached hydrogen (secondary N) is 10. The summed E-state index contributed by atoms with van der Waals surface area (Å²) in [5.74, 6) is -9.20. The van der Waals surface area contributed by atoms with Gasteiger partial charge in [-0.3, -0.25) is 47.9 Å². The summed E-state index contributed by atoms with van der Waals surface area (Å²) in [7, 11) is 0. The average molecular weight is 1110 g/mol. The highest BCUT2D eigenvalue weighted by atomic mass is 16.3. The van der Waals surface area contributed by atoms with E-state index in [0.717, 1.165) is 0 Å². The fraction of sp³-hybridized carbons (Fsp3) is 0.577. The molecule has 0 saturated carbocycles. The van der Waals surface area contributed by atoms with Crippen molar-refractivity contribution in [1.29, 1.82) is 0 Å². The number of hydrogen-bond acceptors (Lipinski definition) is 17. The van der Waals surface area contributed by atoms with Crippen LogP contribution in [0.5, 0.6) is 0 Å². The summed E-state index contributed by atoms with van der Waals surface area (Å²) >= 11 is 0. The van der Waals surface area contributed by atoms with E-state index in [9.17, 15) is 58.2 Å². The Kier molecular flexibility index (Phi) is 28.5. The van der Waals surface area contributed by atoms with Crippen molar-refractivity contribution >= 4 is 59.1 Å². The predicted molar refractivity (Wildman–Crippen MR) is 291 cm³/mol. The lowest BCUT2D eigenvalue weighted by Gasteiger charge is -2.28. The molecule has 2 aromatic carbocycles. The van der Waals surface area contributed by atoms with Gasteiger partial charge >= 0.3 is 0 Å². The van der Waals surface area contributed by atoms with Crippen molar-refractivity contribution in [2.75, 3.05) is 32.7 Å². The van der Waals surface area contributed by atoms with Crippen molar-refractivity contribution < 1.29 is 58.2 Å². The molecule has 3 rings (SSSR count). The first-order valence-corrected chi connectivity index (χ1v) is 26.5. The lowest BCUT2D eigenvalue weighted by Crippen LogP contribution is -2.61. The molecule has 22 N–H and O–H groups in total. The molecule has 0 spiro atoms. The van der Waals surface area contributed by atoms with E-state index >= 15 is 0 Å². The van der Waals surface area contributed by atoms with Crippen molar-refractivity contribution in [2.45, 2.75) is 152 Å². The number of amides is 10. The molecule has 10 amide bonds. The summed E-state index contributed by atoms with van der Waals surface area (Å²) in [6, 6.07) is 3.17. The van der Waals surface area contributed by atoms with E-state index in [1.54, 1.807) is 74.5 Å². The van der Waals surface area contributed by atoms with Gasteiger partial charge in [0.15, 0.2) is 0 Å². The zero-order chi connectivity index (χ0) is 58.8. The molecular formula is C52H83N15O12. The van der Waals surface area contributed by atoms with E-state index in [1.807, 2.05) is 0 Å². The molecule has 0 aliphatic carbocycles. The van der Waals surface area contributed by atoms with Crippen molar-refractivity contribution in [3.8, 4) is 0 Å². The van der Waals surface area contributed by atoms with Crippen LogP contribution in [0.1, 0.15) is 89.8 Å². The minimum absolute atomic E-state index is 0.0540. The summed E-state index contributed by atoms with van der Waals surface area (Å²) in [6.07, 6.45) is -4.54. The SMILES string of the molecule is CC(C)C[C@@H]1NC(=O)[C@@H](Cc2ccccc2)NC(=O)[C@H](CCN)NC(=O)[C@@H](NC(=O)[C@H](CCN)NC(=O)[C@@H](NC(=O)CC(N)c2ccccc2)C(C)O)CCNC(=O)C(C(C)O)NC(=O)[C@H](CCN)NC(=O)[C@H](CCN)NC1=O. The maximum absolute atomic E-state index is 14.5. The molecule has 27 nitrogen and oxygen atoms in total. The van der Waals surface area contributed by atoms with E-state index in [2.05, 4.69) is 53.2 Å². The molecule has 27 heteroatoms. The first-order valence-electron chi connectivity index (χ1n) is 26.5. The Morgan fingerprint density at radius 1 is 0.595 bits per heavy atom. The number of aliphatic hydroxyl groups is 2. The lowest BCUT2D eigenvalue weighted by molar-refractivity contribution is -0.136. The molecule has 0 radical (unpaired) electrons. The van der Waals surface area contributed by atoms with Crippen molar-refractivity contribution in [2.24, 2.45) is 34.6 Å². The van der Waals surface area contributed by atoms with E-state index in [4.69, 9.17) is 28.7 Å². The second-order valence-corrected chi connectivity index (χ2v) is 19.9. The van der Waals surface area contributed by atoms with Gasteiger partial charge in [0.2, 0.25) is 59.1 Å². The summed E-state index contributed by atoms with van der Waals surface area (Å²) in [5.41, 5.74) is 30.9. The normalized spacial score (nSPS) is 23.3. The number of benzene rings is 2. The minimum atomic E-state index is -1.67. The maximum Gasteiger partial charge on any atom is 0.245 e. The monoisotopic (exact) mass is 1110 g/mol. The Bertz CT molecular complexity index is 2330. The zero-order valence-corrected chi connectivity index (χ0v) is 45.3. The highest BCUT2D eigenvalue weighted by Gasteiger charge is 2.37. The van der Waals surface area contributed by atoms with Gasteiger partial charge in [-0.2, -0.15) is 0 Å². The first kappa shape index (κ1) is 66.1. The molecule has 1 aliphatic rings. The molecular weight excluding hydrogens is 1030 g/mol. The smallest absolute Gasteiger partial charge is 0.245 e. The highest BCUT2D eigenvalue weighted by molar-refractivity contribution is 5.99. The molecule has 79 heavy (non-hydrogen) atoms. The van der Waals surface area contributed by atoms with Crippen LogP contribution in [-0.2, 0) is 54.4 Å². The Morgan fingerprint density at radius 3 is 1.58 bits per heavy atom. The summed E-state index contributed by atoms with van der Waals surface area (Å²) in [5, 5.41) is 46.8. The average Bonchev–Trinajstić information content (AvgIpc) is 3.40. The molecule has 0 bridgehead atoms. The van der Waals surface area contributed by atoms with Crippen molar-refractivity contribution in [3.63, 3.8) is 0 Å². The molecule has 0 aromatic heterocycles. The van der Waals surface area contributed by atoms with Gasteiger partial charge in [-0.25, -0.2) is 0 Å². The fourth-order valence-corrected chi connectivity index (χ4v) is 8.43. The van der Waals surface area contributed by atoms with Crippen LogP contribution in [0.25, 0.3) is 0 Å². The van der Waals surface area contributed by atoms with Crippen molar-refractivity contribution in [1.82, 2.24) is 53.2 Å². The topological polar surface area (TPSA) is 462 Å². The second-order valence-electron chi connectivity index (χ2n) is 19.9. The van der Waals surface area contributed by atoms with E-state index < -0.39 is 145 Å². The molecule has 2 aromatic rings. The lowest BCUT2D eigenvalue weighted by atomic mass is 10.00. The van der Waals surface area contributed by atoms with Crippen LogP contribution >= 0.6 is 0 Å². The van der Waals surface area contributed by atoms with Crippen LogP contribution in [0.15, 0.2) is 60.7 Å². The van der Waals surface area contributed by atoms with Crippen molar-refractivity contribution in [3.05, 3.63) is 71.8 Å². The van der Waals surface area contributed by atoms with E-state index in [-0.39, 0.29) is 77.0 Å². The Balaban J connectivity index is 2.09. The van der Waals surface area contributed by atoms with E-state index in [0.29, 0.717) is 11.1 Å². The molecule has 438 valence electrons. The van der Waals surface area contributed by atoms with Crippen LogP contribution < -0.4 is 81.8 Å². The predicted octanol–water partition coefficient (Wildman–Crippen LogP) is -5.59. The Morgan fingerprint density at radius 2 is 1.08 bits per heavy atom. The molecule has 12 atom stereocenters.